The summed E-state index contributed by atoms with van der Waals surface area (Å²) in [5, 5.41) is 6.42. The summed E-state index contributed by atoms with van der Waals surface area (Å²) in [6, 6.07) is 6.47. The van der Waals surface area contributed by atoms with Gasteiger partial charge in [0, 0.05) is 31.2 Å². The molecule has 1 aromatic rings. The molecule has 0 bridgehead atoms. The molecule has 3 rings (SSSR count). The lowest BCUT2D eigenvalue weighted by molar-refractivity contribution is -0.117. The first-order valence-corrected chi connectivity index (χ1v) is 7.05. The van der Waals surface area contributed by atoms with Gasteiger partial charge in [0.15, 0.2) is 0 Å². The summed E-state index contributed by atoms with van der Waals surface area (Å²) >= 11 is 0. The van der Waals surface area contributed by atoms with Gasteiger partial charge in [-0.1, -0.05) is 12.1 Å². The Hall–Kier alpha value is -1.39. The Morgan fingerprint density at radius 1 is 1.42 bits per heavy atom. The molecular weight excluding hydrogens is 238 g/mol. The predicted octanol–water partition coefficient (Wildman–Crippen LogP) is 0.557. The highest BCUT2D eigenvalue weighted by Crippen LogP contribution is 2.30. The number of rotatable bonds is 5. The van der Waals surface area contributed by atoms with Crippen LogP contribution >= 0.6 is 0 Å². The molecule has 1 fully saturated rings. The maximum atomic E-state index is 12.1. The van der Waals surface area contributed by atoms with E-state index in [1.165, 1.54) is 11.1 Å². The molecule has 2 N–H and O–H groups in total. The van der Waals surface area contributed by atoms with Gasteiger partial charge in [0.2, 0.25) is 5.91 Å². The highest BCUT2D eigenvalue weighted by molar-refractivity contribution is 6.01. The van der Waals surface area contributed by atoms with Gasteiger partial charge in [-0.25, -0.2) is 0 Å². The highest BCUT2D eigenvalue weighted by atomic mass is 16.2. The molecule has 0 unspecified atom stereocenters. The smallest absolute Gasteiger partial charge is 0.231 e. The third-order valence-electron chi connectivity index (χ3n) is 4.05. The van der Waals surface area contributed by atoms with Crippen LogP contribution in [0.1, 0.15) is 11.1 Å². The van der Waals surface area contributed by atoms with Gasteiger partial charge in [0.05, 0.1) is 6.42 Å². The van der Waals surface area contributed by atoms with Crippen molar-refractivity contribution in [1.29, 1.82) is 0 Å². The van der Waals surface area contributed by atoms with Gasteiger partial charge in [-0.15, -0.1) is 0 Å². The summed E-state index contributed by atoms with van der Waals surface area (Å²) < 4.78 is 0. The fraction of sp³-hybridized carbons (Fsp3) is 0.533. The molecule has 0 spiro atoms. The number of benzene rings is 1. The van der Waals surface area contributed by atoms with E-state index in [4.69, 9.17) is 0 Å². The van der Waals surface area contributed by atoms with Crippen molar-refractivity contribution >= 4 is 11.6 Å². The molecule has 1 aromatic carbocycles. The highest BCUT2D eigenvalue weighted by Gasteiger charge is 2.30. The van der Waals surface area contributed by atoms with Crippen molar-refractivity contribution in [3.05, 3.63) is 29.3 Å². The van der Waals surface area contributed by atoms with Crippen molar-refractivity contribution < 1.29 is 4.79 Å². The van der Waals surface area contributed by atoms with Crippen molar-refractivity contribution in [2.75, 3.05) is 38.1 Å². The van der Waals surface area contributed by atoms with Crippen LogP contribution in [0, 0.1) is 5.92 Å². The zero-order valence-corrected chi connectivity index (χ0v) is 11.4. The van der Waals surface area contributed by atoms with Crippen LogP contribution in [0.2, 0.25) is 0 Å². The Bertz CT molecular complexity index is 482. The number of nitrogens with zero attached hydrogens (tertiary/aromatic N) is 1. The van der Waals surface area contributed by atoms with Crippen molar-refractivity contribution in [2.24, 2.45) is 5.92 Å². The Morgan fingerprint density at radius 2 is 2.26 bits per heavy atom. The molecule has 0 atom stereocenters. The second-order valence-corrected chi connectivity index (χ2v) is 5.52. The van der Waals surface area contributed by atoms with Gasteiger partial charge in [0.1, 0.15) is 0 Å². The minimum absolute atomic E-state index is 0.257. The van der Waals surface area contributed by atoms with Crippen LogP contribution in [0.4, 0.5) is 5.69 Å². The summed E-state index contributed by atoms with van der Waals surface area (Å²) in [5.41, 5.74) is 3.64. The van der Waals surface area contributed by atoms with Crippen LogP contribution < -0.4 is 15.5 Å². The lowest BCUT2D eigenvalue weighted by Crippen LogP contribution is -2.49. The first-order valence-electron chi connectivity index (χ1n) is 7.05. The molecule has 0 aliphatic carbocycles. The van der Waals surface area contributed by atoms with Crippen LogP contribution in [-0.4, -0.2) is 39.1 Å². The standard InChI is InChI=1S/C15H21N3O/c1-16-5-4-11-2-3-14-13(6-11)7-15(19)18(14)10-12-8-17-9-12/h2-3,6,12,16-17H,4-5,7-10H2,1H3. The van der Waals surface area contributed by atoms with Crippen LogP contribution in [0.25, 0.3) is 0 Å². The Morgan fingerprint density at radius 3 is 2.95 bits per heavy atom. The van der Waals surface area contributed by atoms with E-state index in [2.05, 4.69) is 28.8 Å². The van der Waals surface area contributed by atoms with Gasteiger partial charge in [-0.3, -0.25) is 4.79 Å². The first kappa shape index (κ1) is 12.6. The number of carbonyl (C=O) groups is 1. The Labute approximate surface area is 114 Å². The average molecular weight is 259 g/mol. The van der Waals surface area contributed by atoms with Crippen molar-refractivity contribution in [2.45, 2.75) is 12.8 Å². The number of likely N-dealkylation sites (N-methyl/N-ethyl adjacent to an activating group) is 1. The quantitative estimate of drug-likeness (QED) is 0.812. The van der Waals surface area contributed by atoms with Crippen molar-refractivity contribution in [1.82, 2.24) is 10.6 Å². The third kappa shape index (κ3) is 2.51. The molecule has 0 saturated carbocycles. The summed E-state index contributed by atoms with van der Waals surface area (Å²) in [6.07, 6.45) is 1.59. The molecule has 2 aliphatic rings. The molecule has 1 saturated heterocycles. The van der Waals surface area contributed by atoms with Crippen LogP contribution in [0.3, 0.4) is 0 Å². The normalized spacial score (nSPS) is 18.6. The predicted molar refractivity (Wildman–Crippen MR) is 76.5 cm³/mol. The van der Waals surface area contributed by atoms with E-state index in [1.807, 2.05) is 11.9 Å². The monoisotopic (exact) mass is 259 g/mol. The van der Waals surface area contributed by atoms with Crippen molar-refractivity contribution in [3.8, 4) is 0 Å². The number of nitrogens with one attached hydrogen (secondary N) is 2. The minimum Gasteiger partial charge on any atom is -0.319 e. The number of hydrogen-bond acceptors (Lipinski definition) is 3. The summed E-state index contributed by atoms with van der Waals surface area (Å²) in [6.45, 7) is 3.93. The molecule has 4 nitrogen and oxygen atoms in total. The number of hydrogen-bond donors (Lipinski definition) is 2. The lowest BCUT2D eigenvalue weighted by atomic mass is 10.0. The average Bonchev–Trinajstić information content (AvgIpc) is 2.66. The Balaban J connectivity index is 1.75. The maximum Gasteiger partial charge on any atom is 0.231 e. The summed E-state index contributed by atoms with van der Waals surface area (Å²) in [4.78, 5) is 14.1. The van der Waals surface area contributed by atoms with Gasteiger partial charge < -0.3 is 15.5 Å². The van der Waals surface area contributed by atoms with E-state index >= 15 is 0 Å². The van der Waals surface area contributed by atoms with E-state index in [0.717, 1.165) is 38.3 Å². The van der Waals surface area contributed by atoms with E-state index in [-0.39, 0.29) is 5.91 Å². The molecule has 0 radical (unpaired) electrons. The first-order chi connectivity index (χ1) is 9.28. The molecule has 2 heterocycles. The van der Waals surface area contributed by atoms with Crippen LogP contribution in [-0.2, 0) is 17.6 Å². The number of amides is 1. The number of carbonyl (C=O) groups excluding carboxylic acids is 1. The van der Waals surface area contributed by atoms with Crippen LogP contribution in [0.5, 0.6) is 0 Å². The number of fused-ring (bicyclic) bond motifs is 1. The largest absolute Gasteiger partial charge is 0.319 e. The molecule has 2 aliphatic heterocycles. The molecule has 4 heteroatoms. The topological polar surface area (TPSA) is 44.4 Å². The lowest BCUT2D eigenvalue weighted by Gasteiger charge is -2.31. The molecule has 19 heavy (non-hydrogen) atoms. The zero-order chi connectivity index (χ0) is 13.2. The SMILES string of the molecule is CNCCc1ccc2c(c1)CC(=O)N2CC1CNC1. The summed E-state index contributed by atoms with van der Waals surface area (Å²) in [5.74, 6) is 0.881. The second kappa shape index (κ2) is 5.31. The van der Waals surface area contributed by atoms with E-state index in [0.29, 0.717) is 12.3 Å². The zero-order valence-electron chi connectivity index (χ0n) is 11.4. The molecule has 102 valence electrons. The van der Waals surface area contributed by atoms with E-state index in [9.17, 15) is 4.79 Å². The van der Waals surface area contributed by atoms with Crippen molar-refractivity contribution in [3.63, 3.8) is 0 Å². The fourth-order valence-electron chi connectivity index (χ4n) is 2.80. The Kier molecular flexibility index (Phi) is 3.53. The summed E-state index contributed by atoms with van der Waals surface area (Å²) in [7, 11) is 1.96. The molecular formula is C15H21N3O. The fourth-order valence-corrected chi connectivity index (χ4v) is 2.80. The van der Waals surface area contributed by atoms with Gasteiger partial charge in [-0.2, -0.15) is 0 Å². The van der Waals surface area contributed by atoms with E-state index in [1.54, 1.807) is 0 Å². The number of anilines is 1. The molecule has 0 aromatic heterocycles. The third-order valence-corrected chi connectivity index (χ3v) is 4.05. The van der Waals surface area contributed by atoms with Crippen LogP contribution in [0.15, 0.2) is 18.2 Å². The van der Waals surface area contributed by atoms with Gasteiger partial charge in [0.25, 0.3) is 0 Å². The second-order valence-electron chi connectivity index (χ2n) is 5.52. The maximum absolute atomic E-state index is 12.1. The van der Waals surface area contributed by atoms with Gasteiger partial charge >= 0.3 is 0 Å². The van der Waals surface area contributed by atoms with E-state index < -0.39 is 0 Å². The van der Waals surface area contributed by atoms with Gasteiger partial charge in [-0.05, 0) is 37.2 Å². The molecule has 1 amide bonds. The minimum atomic E-state index is 0.257.